The number of hydrogen-bond acceptors (Lipinski definition) is 3. The fourth-order valence-corrected chi connectivity index (χ4v) is 1.37. The van der Waals surface area contributed by atoms with Gasteiger partial charge in [0.1, 0.15) is 23.7 Å². The fourth-order valence-electron chi connectivity index (χ4n) is 1.18. The molecule has 13 heavy (non-hydrogen) atoms. The number of rotatable bonds is 1. The van der Waals surface area contributed by atoms with Crippen molar-refractivity contribution in [1.29, 1.82) is 5.26 Å². The first kappa shape index (κ1) is 8.02. The van der Waals surface area contributed by atoms with Crippen LogP contribution in [-0.2, 0) is 6.54 Å². The summed E-state index contributed by atoms with van der Waals surface area (Å²) in [5.41, 5.74) is 0.696. The predicted molar refractivity (Wildman–Crippen MR) is 48.2 cm³/mol. The van der Waals surface area contributed by atoms with Crippen LogP contribution in [0.4, 0.5) is 0 Å². The lowest BCUT2D eigenvalue weighted by atomic mass is 10.4. The van der Waals surface area contributed by atoms with Crippen LogP contribution in [0, 0.1) is 11.3 Å². The van der Waals surface area contributed by atoms with Gasteiger partial charge in [0.15, 0.2) is 0 Å². The second-order valence-corrected chi connectivity index (χ2v) is 2.86. The molecule has 0 unspecified atom stereocenters. The smallest absolute Gasteiger partial charge is 0.145 e. The molecule has 0 aliphatic heterocycles. The summed E-state index contributed by atoms with van der Waals surface area (Å²) >= 11 is 5.82. The second-order valence-electron chi connectivity index (χ2n) is 2.50. The topological polar surface area (TPSA) is 54.5 Å². The van der Waals surface area contributed by atoms with E-state index in [0.717, 1.165) is 5.39 Å². The van der Waals surface area contributed by atoms with Gasteiger partial charge in [-0.3, -0.25) is 0 Å². The molecular weight excluding hydrogens is 188 g/mol. The van der Waals surface area contributed by atoms with E-state index in [9.17, 15) is 0 Å². The molecule has 2 heterocycles. The molecule has 0 spiro atoms. The molecule has 5 heteroatoms. The van der Waals surface area contributed by atoms with E-state index >= 15 is 0 Å². The number of nitriles is 1. The lowest BCUT2D eigenvalue weighted by molar-refractivity contribution is 0.858. The number of aromatic nitrogens is 3. The highest BCUT2D eigenvalue weighted by molar-refractivity contribution is 6.33. The molecule has 0 bridgehead atoms. The maximum absolute atomic E-state index is 8.52. The quantitative estimate of drug-likeness (QED) is 0.645. The molecule has 2 aromatic rings. The van der Waals surface area contributed by atoms with Gasteiger partial charge in [-0.1, -0.05) is 11.6 Å². The maximum atomic E-state index is 8.52. The van der Waals surface area contributed by atoms with Crippen molar-refractivity contribution in [3.05, 3.63) is 23.7 Å². The first-order valence-corrected chi connectivity index (χ1v) is 4.03. The number of fused-ring (bicyclic) bond motifs is 1. The monoisotopic (exact) mass is 192 g/mol. The number of nitrogens with zero attached hydrogens (tertiary/aromatic N) is 4. The zero-order valence-electron chi connectivity index (χ0n) is 6.61. The Hall–Kier alpha value is -1.60. The van der Waals surface area contributed by atoms with Gasteiger partial charge in [-0.15, -0.1) is 0 Å². The van der Waals surface area contributed by atoms with Gasteiger partial charge >= 0.3 is 0 Å². The third-order valence-corrected chi connectivity index (χ3v) is 2.05. The number of hydrogen-bond donors (Lipinski definition) is 0. The third-order valence-electron chi connectivity index (χ3n) is 1.75. The van der Waals surface area contributed by atoms with Gasteiger partial charge in [0.25, 0.3) is 0 Å². The molecule has 0 amide bonds. The highest BCUT2D eigenvalue weighted by Gasteiger charge is 2.05. The van der Waals surface area contributed by atoms with Crippen LogP contribution >= 0.6 is 11.6 Å². The Morgan fingerprint density at radius 1 is 1.54 bits per heavy atom. The molecule has 0 aliphatic carbocycles. The molecule has 0 aliphatic rings. The van der Waals surface area contributed by atoms with Gasteiger partial charge in [-0.05, 0) is 6.07 Å². The van der Waals surface area contributed by atoms with Crippen LogP contribution in [-0.4, -0.2) is 14.5 Å². The van der Waals surface area contributed by atoms with Crippen LogP contribution in [0.1, 0.15) is 0 Å². The van der Waals surface area contributed by atoms with E-state index < -0.39 is 0 Å². The minimum absolute atomic E-state index is 0.275. The van der Waals surface area contributed by atoms with Crippen molar-refractivity contribution in [2.24, 2.45) is 0 Å². The Balaban J connectivity index is 2.70. The zero-order valence-corrected chi connectivity index (χ0v) is 7.36. The molecule has 0 radical (unpaired) electrons. The van der Waals surface area contributed by atoms with E-state index in [2.05, 4.69) is 9.97 Å². The van der Waals surface area contributed by atoms with E-state index in [-0.39, 0.29) is 6.54 Å². The summed E-state index contributed by atoms with van der Waals surface area (Å²) in [5.74, 6) is 0. The van der Waals surface area contributed by atoms with Crippen molar-refractivity contribution >= 4 is 22.6 Å². The number of halogens is 1. The van der Waals surface area contributed by atoms with Crippen LogP contribution in [0.5, 0.6) is 0 Å². The fraction of sp³-hybridized carbons (Fsp3) is 0.125. The summed E-state index contributed by atoms with van der Waals surface area (Å²) in [6.07, 6.45) is 3.16. The van der Waals surface area contributed by atoms with Crippen molar-refractivity contribution in [1.82, 2.24) is 14.5 Å². The Labute approximate surface area is 79.4 Å². The Kier molecular flexibility index (Phi) is 1.87. The van der Waals surface area contributed by atoms with Crippen LogP contribution in [0.2, 0.25) is 5.15 Å². The Morgan fingerprint density at radius 2 is 2.38 bits per heavy atom. The molecule has 0 atom stereocenters. The van der Waals surface area contributed by atoms with Crippen molar-refractivity contribution in [3.63, 3.8) is 0 Å². The third kappa shape index (κ3) is 1.23. The first-order valence-electron chi connectivity index (χ1n) is 3.65. The summed E-state index contributed by atoms with van der Waals surface area (Å²) < 4.78 is 1.73. The van der Waals surface area contributed by atoms with E-state index in [1.165, 1.54) is 6.33 Å². The largest absolute Gasteiger partial charge is 0.319 e. The normalized spacial score (nSPS) is 10.2. The molecule has 0 fully saturated rings. The van der Waals surface area contributed by atoms with Crippen molar-refractivity contribution in [3.8, 4) is 6.07 Å². The first-order chi connectivity index (χ1) is 6.33. The molecular formula is C8H5ClN4. The summed E-state index contributed by atoms with van der Waals surface area (Å²) in [5, 5.41) is 9.72. The van der Waals surface area contributed by atoms with Crippen molar-refractivity contribution in [2.75, 3.05) is 0 Å². The molecule has 2 aromatic heterocycles. The van der Waals surface area contributed by atoms with Gasteiger partial charge in [0, 0.05) is 6.20 Å². The Bertz CT molecular complexity index is 482. The molecule has 4 nitrogen and oxygen atoms in total. The van der Waals surface area contributed by atoms with E-state index in [4.69, 9.17) is 16.9 Å². The summed E-state index contributed by atoms with van der Waals surface area (Å²) in [7, 11) is 0. The van der Waals surface area contributed by atoms with Crippen LogP contribution in [0.3, 0.4) is 0 Å². The standard InChI is InChI=1S/C8H5ClN4/c9-7-6-1-3-13(4-2-10)8(6)12-5-11-7/h1,3,5H,4H2. The zero-order chi connectivity index (χ0) is 9.26. The predicted octanol–water partition coefficient (Wildman–Crippen LogP) is 1.61. The summed E-state index contributed by atoms with van der Waals surface area (Å²) in [6.45, 7) is 0.275. The molecule has 0 saturated heterocycles. The summed E-state index contributed by atoms with van der Waals surface area (Å²) in [4.78, 5) is 7.88. The van der Waals surface area contributed by atoms with E-state index in [1.54, 1.807) is 16.8 Å². The molecule has 0 N–H and O–H groups in total. The van der Waals surface area contributed by atoms with Gasteiger partial charge in [0.2, 0.25) is 0 Å². The van der Waals surface area contributed by atoms with Gasteiger partial charge in [-0.2, -0.15) is 5.26 Å². The van der Waals surface area contributed by atoms with E-state index in [0.29, 0.717) is 10.8 Å². The molecule has 2 rings (SSSR count). The van der Waals surface area contributed by atoms with Crippen molar-refractivity contribution < 1.29 is 0 Å². The van der Waals surface area contributed by atoms with Gasteiger partial charge in [0.05, 0.1) is 11.5 Å². The second kappa shape index (κ2) is 3.04. The Morgan fingerprint density at radius 3 is 3.15 bits per heavy atom. The minimum atomic E-state index is 0.275. The van der Waals surface area contributed by atoms with Crippen LogP contribution in [0.25, 0.3) is 11.0 Å². The minimum Gasteiger partial charge on any atom is -0.319 e. The van der Waals surface area contributed by atoms with Crippen molar-refractivity contribution in [2.45, 2.75) is 6.54 Å². The summed E-state index contributed by atoms with van der Waals surface area (Å²) in [6, 6.07) is 3.84. The molecule has 0 saturated carbocycles. The molecule has 0 aromatic carbocycles. The lowest BCUT2D eigenvalue weighted by Gasteiger charge is -1.96. The average Bonchev–Trinajstić information content (AvgIpc) is 2.51. The van der Waals surface area contributed by atoms with Gasteiger partial charge in [-0.25, -0.2) is 9.97 Å². The van der Waals surface area contributed by atoms with Crippen LogP contribution in [0.15, 0.2) is 18.6 Å². The maximum Gasteiger partial charge on any atom is 0.145 e. The van der Waals surface area contributed by atoms with Crippen LogP contribution < -0.4 is 0 Å². The van der Waals surface area contributed by atoms with Gasteiger partial charge < -0.3 is 4.57 Å². The lowest BCUT2D eigenvalue weighted by Crippen LogP contribution is -1.94. The SMILES string of the molecule is N#CCn1ccc2c(Cl)ncnc21. The van der Waals surface area contributed by atoms with E-state index in [1.807, 2.05) is 6.07 Å². The molecule has 64 valence electrons. The average molecular weight is 193 g/mol. The highest BCUT2D eigenvalue weighted by Crippen LogP contribution is 2.19. The highest BCUT2D eigenvalue weighted by atomic mass is 35.5.